The van der Waals surface area contributed by atoms with Crippen molar-refractivity contribution in [3.63, 3.8) is 0 Å². The van der Waals surface area contributed by atoms with E-state index in [4.69, 9.17) is 4.74 Å². The molecule has 1 saturated heterocycles. The molecule has 142 valence electrons. The highest BCUT2D eigenvalue weighted by molar-refractivity contribution is 7.89. The largest absolute Gasteiger partial charge is 0.383 e. The smallest absolute Gasteiger partial charge is 0.253 e. The zero-order chi connectivity index (χ0) is 19.1. The number of fused-ring (bicyclic) bond motifs is 2. The van der Waals surface area contributed by atoms with Gasteiger partial charge < -0.3 is 9.64 Å². The predicted molar refractivity (Wildman–Crippen MR) is 101 cm³/mol. The molecule has 1 atom stereocenters. The number of hydrogen-bond donors (Lipinski definition) is 0. The number of amides is 1. The van der Waals surface area contributed by atoms with Crippen LogP contribution in [0.15, 0.2) is 59.5 Å². The second-order valence-electron chi connectivity index (χ2n) is 6.94. The summed E-state index contributed by atoms with van der Waals surface area (Å²) in [5.41, 5.74) is 0.676. The van der Waals surface area contributed by atoms with Crippen LogP contribution in [-0.4, -0.2) is 56.9 Å². The molecule has 1 amide bonds. The molecule has 0 aromatic heterocycles. The third kappa shape index (κ3) is 2.77. The number of sulfonamides is 1. The maximum absolute atomic E-state index is 13.2. The van der Waals surface area contributed by atoms with E-state index >= 15 is 0 Å². The highest BCUT2D eigenvalue weighted by Gasteiger charge is 2.57. The number of ether oxygens (including phenoxy) is 1. The lowest BCUT2D eigenvalue weighted by atomic mass is 9.89. The van der Waals surface area contributed by atoms with Gasteiger partial charge in [0.25, 0.3) is 5.91 Å². The van der Waals surface area contributed by atoms with E-state index in [0.29, 0.717) is 36.6 Å². The maximum Gasteiger partial charge on any atom is 0.253 e. The number of carbonyl (C=O) groups excluding carboxylic acids is 1. The third-order valence-corrected chi connectivity index (χ3v) is 7.51. The summed E-state index contributed by atoms with van der Waals surface area (Å²) in [6.45, 7) is 1.43. The standard InChI is InChI=1S/C20H22N2O4S/c1-26-14-13-22-20(17-9-5-6-10-18(17)27(22,24)25)11-12-21(15-20)19(23)16-7-3-2-4-8-16/h2-10H,11-15H2,1H3. The fraction of sp³-hybridized carbons (Fsp3) is 0.350. The van der Waals surface area contributed by atoms with Crippen molar-refractivity contribution in [3.05, 3.63) is 65.7 Å². The molecule has 1 unspecified atom stereocenters. The van der Waals surface area contributed by atoms with Crippen LogP contribution in [0.5, 0.6) is 0 Å². The molecular formula is C20H22N2O4S. The Bertz CT molecular complexity index is 961. The second-order valence-corrected chi connectivity index (χ2v) is 8.77. The van der Waals surface area contributed by atoms with Crippen LogP contribution < -0.4 is 0 Å². The Kier molecular flexibility index (Phi) is 4.53. The first-order chi connectivity index (χ1) is 13.0. The summed E-state index contributed by atoms with van der Waals surface area (Å²) in [7, 11) is -2.05. The van der Waals surface area contributed by atoms with Gasteiger partial charge in [-0.15, -0.1) is 0 Å². The summed E-state index contributed by atoms with van der Waals surface area (Å²) in [5, 5.41) is 0. The summed E-state index contributed by atoms with van der Waals surface area (Å²) in [6, 6.07) is 16.2. The number of likely N-dealkylation sites (tertiary alicyclic amines) is 1. The minimum atomic E-state index is -3.61. The van der Waals surface area contributed by atoms with Gasteiger partial charge in [-0.25, -0.2) is 8.42 Å². The van der Waals surface area contributed by atoms with Crippen LogP contribution in [0.1, 0.15) is 22.3 Å². The molecule has 4 rings (SSSR count). The Morgan fingerprint density at radius 2 is 1.81 bits per heavy atom. The molecule has 2 aromatic rings. The van der Waals surface area contributed by atoms with E-state index in [1.54, 1.807) is 36.3 Å². The first-order valence-corrected chi connectivity index (χ1v) is 10.4. The zero-order valence-electron chi connectivity index (χ0n) is 15.2. The monoisotopic (exact) mass is 386 g/mol. The van der Waals surface area contributed by atoms with Crippen molar-refractivity contribution >= 4 is 15.9 Å². The van der Waals surface area contributed by atoms with Crippen LogP contribution in [0.4, 0.5) is 0 Å². The number of nitrogens with zero attached hydrogens (tertiary/aromatic N) is 2. The van der Waals surface area contributed by atoms with E-state index < -0.39 is 15.6 Å². The van der Waals surface area contributed by atoms with Gasteiger partial charge in [-0.2, -0.15) is 4.31 Å². The molecule has 0 bridgehead atoms. The number of carbonyl (C=O) groups is 1. The van der Waals surface area contributed by atoms with Gasteiger partial charge in [0.05, 0.1) is 17.0 Å². The van der Waals surface area contributed by atoms with Crippen LogP contribution >= 0.6 is 0 Å². The minimum Gasteiger partial charge on any atom is -0.383 e. The lowest BCUT2D eigenvalue weighted by molar-refractivity contribution is 0.0754. The van der Waals surface area contributed by atoms with Crippen LogP contribution in [-0.2, 0) is 20.3 Å². The molecule has 1 fully saturated rings. The average molecular weight is 386 g/mol. The van der Waals surface area contributed by atoms with Crippen molar-refractivity contribution in [2.24, 2.45) is 0 Å². The average Bonchev–Trinajstić information content (AvgIpc) is 3.21. The number of benzene rings is 2. The minimum absolute atomic E-state index is 0.0686. The fourth-order valence-electron chi connectivity index (χ4n) is 4.22. The van der Waals surface area contributed by atoms with Gasteiger partial charge in [0.1, 0.15) is 0 Å². The third-order valence-electron chi connectivity index (χ3n) is 5.49. The fourth-order valence-corrected chi connectivity index (χ4v) is 6.27. The van der Waals surface area contributed by atoms with E-state index in [1.165, 1.54) is 4.31 Å². The molecule has 7 heteroatoms. The number of rotatable bonds is 4. The quantitative estimate of drug-likeness (QED) is 0.807. The SMILES string of the molecule is COCCN1C2(CCN(C(=O)c3ccccc3)C2)c2ccccc2S1(=O)=O. The Morgan fingerprint density at radius 1 is 1.11 bits per heavy atom. The maximum atomic E-state index is 13.2. The molecule has 1 spiro atoms. The Hall–Kier alpha value is -2.22. The molecule has 2 aromatic carbocycles. The summed E-state index contributed by atoms with van der Waals surface area (Å²) in [6.07, 6.45) is 0.575. The van der Waals surface area contributed by atoms with E-state index in [0.717, 1.165) is 5.56 Å². The molecule has 2 heterocycles. The topological polar surface area (TPSA) is 66.9 Å². The van der Waals surface area contributed by atoms with Gasteiger partial charge in [-0.1, -0.05) is 36.4 Å². The Labute approximate surface area is 159 Å². The molecule has 27 heavy (non-hydrogen) atoms. The van der Waals surface area contributed by atoms with Crippen LogP contribution in [0.25, 0.3) is 0 Å². The lowest BCUT2D eigenvalue weighted by Crippen LogP contribution is -2.47. The van der Waals surface area contributed by atoms with Crippen LogP contribution in [0, 0.1) is 0 Å². The van der Waals surface area contributed by atoms with E-state index in [-0.39, 0.29) is 12.5 Å². The summed E-state index contributed by atoms with van der Waals surface area (Å²) in [4.78, 5) is 15.0. The number of methoxy groups -OCH3 is 1. The Morgan fingerprint density at radius 3 is 2.56 bits per heavy atom. The summed E-state index contributed by atoms with van der Waals surface area (Å²) >= 11 is 0. The van der Waals surface area contributed by atoms with Gasteiger partial charge in [-0.3, -0.25) is 4.79 Å². The van der Waals surface area contributed by atoms with Crippen molar-refractivity contribution in [2.45, 2.75) is 16.9 Å². The van der Waals surface area contributed by atoms with E-state index in [2.05, 4.69) is 0 Å². The van der Waals surface area contributed by atoms with Gasteiger partial charge >= 0.3 is 0 Å². The molecular weight excluding hydrogens is 364 g/mol. The van der Waals surface area contributed by atoms with E-state index in [1.807, 2.05) is 30.3 Å². The van der Waals surface area contributed by atoms with Crippen LogP contribution in [0.2, 0.25) is 0 Å². The van der Waals surface area contributed by atoms with Crippen molar-refractivity contribution in [1.82, 2.24) is 9.21 Å². The number of hydrogen-bond acceptors (Lipinski definition) is 4. The van der Waals surface area contributed by atoms with Gasteiger partial charge in [-0.05, 0) is 30.2 Å². The molecule has 2 aliphatic heterocycles. The molecule has 0 saturated carbocycles. The second kappa shape index (κ2) is 6.74. The zero-order valence-corrected chi connectivity index (χ0v) is 16.0. The van der Waals surface area contributed by atoms with Gasteiger partial charge in [0.15, 0.2) is 0 Å². The normalized spacial score (nSPS) is 23.7. The summed E-state index contributed by atoms with van der Waals surface area (Å²) < 4.78 is 33.0. The predicted octanol–water partition coefficient (Wildman–Crippen LogP) is 2.08. The molecule has 0 N–H and O–H groups in total. The van der Waals surface area contributed by atoms with Crippen molar-refractivity contribution < 1.29 is 17.9 Å². The van der Waals surface area contributed by atoms with Crippen LogP contribution in [0.3, 0.4) is 0 Å². The highest BCUT2D eigenvalue weighted by atomic mass is 32.2. The lowest BCUT2D eigenvalue weighted by Gasteiger charge is -2.33. The van der Waals surface area contributed by atoms with Gasteiger partial charge in [0, 0.05) is 32.3 Å². The van der Waals surface area contributed by atoms with Crippen molar-refractivity contribution in [3.8, 4) is 0 Å². The first-order valence-electron chi connectivity index (χ1n) is 8.96. The molecule has 2 aliphatic rings. The van der Waals surface area contributed by atoms with E-state index in [9.17, 15) is 13.2 Å². The van der Waals surface area contributed by atoms with Crippen molar-refractivity contribution in [1.29, 1.82) is 0 Å². The molecule has 0 radical (unpaired) electrons. The molecule has 6 nitrogen and oxygen atoms in total. The first kappa shape index (κ1) is 18.2. The van der Waals surface area contributed by atoms with Crippen molar-refractivity contribution in [2.75, 3.05) is 33.4 Å². The highest BCUT2D eigenvalue weighted by Crippen LogP contribution is 2.49. The summed E-state index contributed by atoms with van der Waals surface area (Å²) in [5.74, 6) is -0.0686. The van der Waals surface area contributed by atoms with Gasteiger partial charge in [0.2, 0.25) is 10.0 Å². The Balaban J connectivity index is 1.73. The molecule has 0 aliphatic carbocycles.